The second-order valence-corrected chi connectivity index (χ2v) is 7.21. The van der Waals surface area contributed by atoms with Crippen LogP contribution in [0.4, 0.5) is 0 Å². The predicted molar refractivity (Wildman–Crippen MR) is 113 cm³/mol. The summed E-state index contributed by atoms with van der Waals surface area (Å²) in [4.78, 5) is 81.1. The van der Waals surface area contributed by atoms with Crippen LogP contribution in [0.2, 0.25) is 0 Å². The van der Waals surface area contributed by atoms with E-state index in [1.807, 2.05) is 5.32 Å². The van der Waals surface area contributed by atoms with E-state index in [1.165, 1.54) is 0 Å². The molecule has 10 N–H and O–H groups in total. The van der Waals surface area contributed by atoms with Crippen molar-refractivity contribution in [3.05, 3.63) is 0 Å². The van der Waals surface area contributed by atoms with Crippen molar-refractivity contribution >= 4 is 54.2 Å². The lowest BCUT2D eigenvalue weighted by atomic mass is 10.1. The molecular weight excluding hydrogens is 466 g/mol. The summed E-state index contributed by atoms with van der Waals surface area (Å²) >= 11 is 3.76. The SMILES string of the molecule is NC(=O)CCC(NC(=O)C(N)CCC(=O)O)C(=O)NC(CC(=O)O)C(=O)NC(CS)C(=O)O. The molecule has 0 saturated carbocycles. The van der Waals surface area contributed by atoms with Crippen LogP contribution >= 0.6 is 12.6 Å². The first kappa shape index (κ1) is 29.6. The summed E-state index contributed by atoms with van der Waals surface area (Å²) < 4.78 is 0. The number of rotatable bonds is 16. The van der Waals surface area contributed by atoms with Crippen LogP contribution in [0.15, 0.2) is 0 Å². The first-order valence-electron chi connectivity index (χ1n) is 9.50. The van der Waals surface area contributed by atoms with Gasteiger partial charge in [0.1, 0.15) is 18.1 Å². The summed E-state index contributed by atoms with van der Waals surface area (Å²) in [7, 11) is 0. The standard InChI is InChI=1S/C17H27N5O10S/c18-7(1-4-12(24)25)14(28)20-8(2-3-11(19)23)15(29)21-9(5-13(26)27)16(30)22-10(6-33)17(31)32/h7-10,33H,1-6,18H2,(H2,19,23)(H,20,28)(H,21,29)(H,22,30)(H,24,25)(H,26,27)(H,31,32). The molecule has 4 atom stereocenters. The number of carbonyl (C=O) groups is 7. The number of nitrogens with one attached hydrogen (secondary N) is 3. The molecule has 0 aromatic carbocycles. The van der Waals surface area contributed by atoms with Gasteiger partial charge in [0.05, 0.1) is 12.5 Å². The zero-order valence-electron chi connectivity index (χ0n) is 17.4. The molecule has 0 aliphatic heterocycles. The highest BCUT2D eigenvalue weighted by Gasteiger charge is 2.31. The Balaban J connectivity index is 5.48. The molecule has 0 aliphatic rings. The average molecular weight is 493 g/mol. The summed E-state index contributed by atoms with van der Waals surface area (Å²) in [5, 5.41) is 33.0. The molecule has 0 radical (unpaired) electrons. The molecule has 0 saturated heterocycles. The molecule has 0 spiro atoms. The summed E-state index contributed by atoms with van der Waals surface area (Å²) in [6, 6.07) is -5.99. The number of carboxylic acids is 3. The maximum Gasteiger partial charge on any atom is 0.327 e. The molecule has 16 heteroatoms. The van der Waals surface area contributed by atoms with Gasteiger partial charge in [-0.25, -0.2) is 4.79 Å². The van der Waals surface area contributed by atoms with E-state index in [0.717, 1.165) is 0 Å². The molecule has 0 fully saturated rings. The molecule has 0 aliphatic carbocycles. The van der Waals surface area contributed by atoms with Gasteiger partial charge in [-0.1, -0.05) is 0 Å². The van der Waals surface area contributed by atoms with Crippen molar-refractivity contribution in [2.75, 3.05) is 5.75 Å². The Morgan fingerprint density at radius 3 is 1.70 bits per heavy atom. The molecule has 0 rings (SSSR count). The van der Waals surface area contributed by atoms with Gasteiger partial charge < -0.3 is 42.7 Å². The molecule has 15 nitrogen and oxygen atoms in total. The van der Waals surface area contributed by atoms with E-state index in [2.05, 4.69) is 23.3 Å². The first-order chi connectivity index (χ1) is 15.3. The van der Waals surface area contributed by atoms with Gasteiger partial charge in [-0.05, 0) is 12.8 Å². The largest absolute Gasteiger partial charge is 0.481 e. The highest BCUT2D eigenvalue weighted by atomic mass is 32.1. The van der Waals surface area contributed by atoms with Crippen molar-refractivity contribution in [1.82, 2.24) is 16.0 Å². The zero-order valence-corrected chi connectivity index (χ0v) is 18.2. The predicted octanol–water partition coefficient (Wildman–Crippen LogP) is -3.61. The fraction of sp³-hybridized carbons (Fsp3) is 0.588. The minimum Gasteiger partial charge on any atom is -0.481 e. The number of aliphatic carboxylic acids is 3. The summed E-state index contributed by atoms with van der Waals surface area (Å²) in [5.41, 5.74) is 10.6. The number of hydrogen-bond acceptors (Lipinski definition) is 9. The fourth-order valence-electron chi connectivity index (χ4n) is 2.36. The Bertz CT molecular complexity index is 777. The van der Waals surface area contributed by atoms with Gasteiger partial charge in [-0.2, -0.15) is 12.6 Å². The Kier molecular flexibility index (Phi) is 13.1. The summed E-state index contributed by atoms with van der Waals surface area (Å²) in [6.07, 6.45) is -2.32. The number of primary amides is 1. The van der Waals surface area contributed by atoms with Crippen molar-refractivity contribution in [3.63, 3.8) is 0 Å². The first-order valence-corrected chi connectivity index (χ1v) is 10.1. The van der Waals surface area contributed by atoms with Gasteiger partial charge >= 0.3 is 17.9 Å². The van der Waals surface area contributed by atoms with Crippen molar-refractivity contribution in [3.8, 4) is 0 Å². The van der Waals surface area contributed by atoms with Crippen LogP contribution in [-0.4, -0.2) is 86.8 Å². The second-order valence-electron chi connectivity index (χ2n) is 6.85. The third kappa shape index (κ3) is 12.3. The fourth-order valence-corrected chi connectivity index (χ4v) is 2.61. The molecule has 33 heavy (non-hydrogen) atoms. The van der Waals surface area contributed by atoms with E-state index in [4.69, 9.17) is 26.8 Å². The second kappa shape index (κ2) is 14.6. The van der Waals surface area contributed by atoms with Crippen molar-refractivity contribution in [2.24, 2.45) is 11.5 Å². The van der Waals surface area contributed by atoms with Gasteiger partial charge in [-0.15, -0.1) is 0 Å². The smallest absolute Gasteiger partial charge is 0.327 e. The van der Waals surface area contributed by atoms with E-state index < -0.39 is 78.5 Å². The number of carbonyl (C=O) groups excluding carboxylic acids is 4. The van der Waals surface area contributed by atoms with Gasteiger partial charge in [0.2, 0.25) is 23.6 Å². The number of hydrogen-bond donors (Lipinski definition) is 9. The van der Waals surface area contributed by atoms with Crippen molar-refractivity contribution in [1.29, 1.82) is 0 Å². The maximum atomic E-state index is 12.6. The van der Waals surface area contributed by atoms with Crippen LogP contribution in [0, 0.1) is 0 Å². The Morgan fingerprint density at radius 2 is 1.24 bits per heavy atom. The minimum absolute atomic E-state index is 0.254. The van der Waals surface area contributed by atoms with E-state index in [-0.39, 0.29) is 25.0 Å². The van der Waals surface area contributed by atoms with E-state index in [0.29, 0.717) is 0 Å². The molecule has 0 bridgehead atoms. The van der Waals surface area contributed by atoms with Crippen molar-refractivity contribution < 1.29 is 48.9 Å². The third-order valence-electron chi connectivity index (χ3n) is 4.13. The van der Waals surface area contributed by atoms with E-state index >= 15 is 0 Å². The number of carboxylic acid groups (broad SMARTS) is 3. The molecule has 0 aromatic rings. The normalized spacial score (nSPS) is 14.1. The lowest BCUT2D eigenvalue weighted by molar-refractivity contribution is -0.143. The molecule has 4 unspecified atom stereocenters. The molecular formula is C17H27N5O10S. The number of amides is 4. The quantitative estimate of drug-likeness (QED) is 0.0947. The Hall–Kier alpha value is -3.40. The maximum absolute atomic E-state index is 12.6. The van der Waals surface area contributed by atoms with Crippen LogP contribution in [-0.2, 0) is 33.6 Å². The van der Waals surface area contributed by atoms with Crippen molar-refractivity contribution in [2.45, 2.75) is 56.3 Å². The molecule has 0 heterocycles. The number of nitrogens with two attached hydrogens (primary N) is 2. The molecule has 4 amide bonds. The third-order valence-corrected chi connectivity index (χ3v) is 4.49. The van der Waals surface area contributed by atoms with Gasteiger partial charge in [0, 0.05) is 18.6 Å². The highest BCUT2D eigenvalue weighted by molar-refractivity contribution is 7.80. The summed E-state index contributed by atoms with van der Waals surface area (Å²) in [6.45, 7) is 0. The number of thiol groups is 1. The van der Waals surface area contributed by atoms with Crippen LogP contribution < -0.4 is 27.4 Å². The lowest BCUT2D eigenvalue weighted by Crippen LogP contribution is -2.57. The highest BCUT2D eigenvalue weighted by Crippen LogP contribution is 2.04. The molecule has 186 valence electrons. The monoisotopic (exact) mass is 493 g/mol. The topological polar surface area (TPSA) is 268 Å². The van der Waals surface area contributed by atoms with Crippen LogP contribution in [0.3, 0.4) is 0 Å². The van der Waals surface area contributed by atoms with E-state index in [9.17, 15) is 33.6 Å². The van der Waals surface area contributed by atoms with Crippen LogP contribution in [0.1, 0.15) is 32.1 Å². The Labute approximate surface area is 193 Å². The van der Waals surface area contributed by atoms with E-state index in [1.54, 1.807) is 0 Å². The zero-order chi connectivity index (χ0) is 25.7. The summed E-state index contributed by atoms with van der Waals surface area (Å²) in [5.74, 6) is -8.43. The van der Waals surface area contributed by atoms with Gasteiger partial charge in [0.25, 0.3) is 0 Å². The van der Waals surface area contributed by atoms with Gasteiger partial charge in [0.15, 0.2) is 0 Å². The van der Waals surface area contributed by atoms with Crippen LogP contribution in [0.5, 0.6) is 0 Å². The Morgan fingerprint density at radius 1 is 0.727 bits per heavy atom. The minimum atomic E-state index is -1.73. The van der Waals surface area contributed by atoms with Crippen LogP contribution in [0.25, 0.3) is 0 Å². The lowest BCUT2D eigenvalue weighted by Gasteiger charge is -2.24. The van der Waals surface area contributed by atoms with Gasteiger partial charge in [-0.3, -0.25) is 28.8 Å². The molecule has 0 aromatic heterocycles. The average Bonchev–Trinajstić information content (AvgIpc) is 2.71.